The van der Waals surface area contributed by atoms with Crippen LogP contribution in [0.15, 0.2) is 59.1 Å². The first-order valence-electron chi connectivity index (χ1n) is 7.82. The largest absolute Gasteiger partial charge is 0.481 e. The van der Waals surface area contributed by atoms with Gasteiger partial charge in [0.1, 0.15) is 0 Å². The second-order valence-electron chi connectivity index (χ2n) is 5.66. The summed E-state index contributed by atoms with van der Waals surface area (Å²) in [5, 5.41) is 12.1. The average Bonchev–Trinajstić information content (AvgIpc) is 2.58. The van der Waals surface area contributed by atoms with E-state index in [0.29, 0.717) is 19.3 Å². The second-order valence-corrected chi connectivity index (χ2v) is 6.57. The number of carboxylic acid groups (broad SMARTS) is 1. The first-order chi connectivity index (χ1) is 11.5. The SMILES string of the molecule is O=C(CCc1ccc(Br)cc1)NCC(Cc1ccccc1)C(=O)O. The number of hydrogen-bond donors (Lipinski definition) is 2. The smallest absolute Gasteiger partial charge is 0.308 e. The van der Waals surface area contributed by atoms with Crippen LogP contribution < -0.4 is 5.32 Å². The van der Waals surface area contributed by atoms with Crippen molar-refractivity contribution in [1.29, 1.82) is 0 Å². The molecule has 1 unspecified atom stereocenters. The van der Waals surface area contributed by atoms with E-state index in [0.717, 1.165) is 15.6 Å². The van der Waals surface area contributed by atoms with Gasteiger partial charge >= 0.3 is 5.97 Å². The molecule has 2 aromatic carbocycles. The van der Waals surface area contributed by atoms with Crippen molar-refractivity contribution < 1.29 is 14.7 Å². The molecule has 0 saturated carbocycles. The fourth-order valence-corrected chi connectivity index (χ4v) is 2.64. The summed E-state index contributed by atoms with van der Waals surface area (Å²) in [6, 6.07) is 17.2. The van der Waals surface area contributed by atoms with Gasteiger partial charge in [0.15, 0.2) is 0 Å². The van der Waals surface area contributed by atoms with Gasteiger partial charge in [-0.3, -0.25) is 9.59 Å². The maximum atomic E-state index is 11.9. The average molecular weight is 390 g/mol. The highest BCUT2D eigenvalue weighted by molar-refractivity contribution is 9.10. The Balaban J connectivity index is 1.79. The molecule has 0 aliphatic heterocycles. The number of benzene rings is 2. The topological polar surface area (TPSA) is 66.4 Å². The van der Waals surface area contributed by atoms with E-state index >= 15 is 0 Å². The van der Waals surface area contributed by atoms with Crippen molar-refractivity contribution in [3.8, 4) is 0 Å². The van der Waals surface area contributed by atoms with Gasteiger partial charge in [-0.1, -0.05) is 58.4 Å². The molecule has 0 heterocycles. The third-order valence-electron chi connectivity index (χ3n) is 3.77. The van der Waals surface area contributed by atoms with E-state index in [9.17, 15) is 14.7 Å². The molecule has 5 heteroatoms. The zero-order valence-electron chi connectivity index (χ0n) is 13.2. The number of rotatable bonds is 8. The number of amides is 1. The lowest BCUT2D eigenvalue weighted by Gasteiger charge is -2.13. The maximum Gasteiger partial charge on any atom is 0.308 e. The van der Waals surface area contributed by atoms with Gasteiger partial charge in [-0.05, 0) is 36.1 Å². The molecule has 2 N–H and O–H groups in total. The number of aliphatic carboxylic acids is 1. The monoisotopic (exact) mass is 389 g/mol. The van der Waals surface area contributed by atoms with Crippen LogP contribution in [0, 0.1) is 5.92 Å². The molecular formula is C19H20BrNO3. The number of nitrogens with one attached hydrogen (secondary N) is 1. The van der Waals surface area contributed by atoms with Crippen LogP contribution in [0.25, 0.3) is 0 Å². The van der Waals surface area contributed by atoms with Crippen molar-refractivity contribution in [2.75, 3.05) is 6.54 Å². The third-order valence-corrected chi connectivity index (χ3v) is 4.30. The van der Waals surface area contributed by atoms with Gasteiger partial charge in [0.05, 0.1) is 5.92 Å². The number of aryl methyl sites for hydroxylation is 1. The van der Waals surface area contributed by atoms with Crippen molar-refractivity contribution in [3.63, 3.8) is 0 Å². The van der Waals surface area contributed by atoms with Crippen molar-refractivity contribution in [2.45, 2.75) is 19.3 Å². The van der Waals surface area contributed by atoms with Crippen LogP contribution in [0.2, 0.25) is 0 Å². The van der Waals surface area contributed by atoms with Crippen molar-refractivity contribution >= 4 is 27.8 Å². The Morgan fingerprint density at radius 3 is 2.29 bits per heavy atom. The molecular weight excluding hydrogens is 370 g/mol. The summed E-state index contributed by atoms with van der Waals surface area (Å²) < 4.78 is 1.00. The highest BCUT2D eigenvalue weighted by Gasteiger charge is 2.18. The molecule has 1 atom stereocenters. The lowest BCUT2D eigenvalue weighted by Crippen LogP contribution is -2.34. The van der Waals surface area contributed by atoms with E-state index in [4.69, 9.17) is 0 Å². The first-order valence-corrected chi connectivity index (χ1v) is 8.62. The van der Waals surface area contributed by atoms with Crippen LogP contribution in [-0.4, -0.2) is 23.5 Å². The Bertz CT molecular complexity index is 671. The van der Waals surface area contributed by atoms with Gasteiger partial charge in [0, 0.05) is 17.4 Å². The summed E-state index contributed by atoms with van der Waals surface area (Å²) in [6.45, 7) is 0.142. The zero-order chi connectivity index (χ0) is 17.4. The van der Waals surface area contributed by atoms with Crippen molar-refractivity contribution in [2.24, 2.45) is 5.92 Å². The molecule has 0 spiro atoms. The minimum Gasteiger partial charge on any atom is -0.481 e. The van der Waals surface area contributed by atoms with Crippen LogP contribution in [-0.2, 0) is 22.4 Å². The highest BCUT2D eigenvalue weighted by atomic mass is 79.9. The molecule has 1 amide bonds. The van der Waals surface area contributed by atoms with Crippen LogP contribution >= 0.6 is 15.9 Å². The van der Waals surface area contributed by atoms with Gasteiger partial charge in [-0.15, -0.1) is 0 Å². The van der Waals surface area contributed by atoms with Crippen LogP contribution in [0.4, 0.5) is 0 Å². The molecule has 0 aliphatic carbocycles. The number of carboxylic acids is 1. The summed E-state index contributed by atoms with van der Waals surface area (Å²) in [5.74, 6) is -1.65. The molecule has 0 aliphatic rings. The summed E-state index contributed by atoms with van der Waals surface area (Å²) in [5.41, 5.74) is 2.03. The number of carbonyl (C=O) groups is 2. The fourth-order valence-electron chi connectivity index (χ4n) is 2.38. The number of carbonyl (C=O) groups excluding carboxylic acids is 1. The first kappa shape index (κ1) is 18.2. The Morgan fingerprint density at radius 2 is 1.67 bits per heavy atom. The van der Waals surface area contributed by atoms with Gasteiger partial charge in [0.25, 0.3) is 0 Å². The molecule has 2 aromatic rings. The van der Waals surface area contributed by atoms with Crippen molar-refractivity contribution in [1.82, 2.24) is 5.32 Å². The predicted molar refractivity (Wildman–Crippen MR) is 96.7 cm³/mol. The van der Waals surface area contributed by atoms with Gasteiger partial charge in [0.2, 0.25) is 5.91 Å². The van der Waals surface area contributed by atoms with E-state index < -0.39 is 11.9 Å². The molecule has 0 saturated heterocycles. The van der Waals surface area contributed by atoms with E-state index in [2.05, 4.69) is 21.2 Å². The summed E-state index contributed by atoms with van der Waals surface area (Å²) in [4.78, 5) is 23.3. The Labute approximate surface area is 150 Å². The molecule has 126 valence electrons. The van der Waals surface area contributed by atoms with Gasteiger partial charge < -0.3 is 10.4 Å². The van der Waals surface area contributed by atoms with E-state index in [-0.39, 0.29) is 12.5 Å². The molecule has 2 rings (SSSR count). The molecule has 24 heavy (non-hydrogen) atoms. The summed E-state index contributed by atoms with van der Waals surface area (Å²) in [7, 11) is 0. The minimum absolute atomic E-state index is 0.128. The number of hydrogen-bond acceptors (Lipinski definition) is 2. The van der Waals surface area contributed by atoms with Crippen molar-refractivity contribution in [3.05, 3.63) is 70.2 Å². The normalized spacial score (nSPS) is 11.7. The zero-order valence-corrected chi connectivity index (χ0v) is 14.8. The Kier molecular flexibility index (Phi) is 7.00. The minimum atomic E-state index is -0.896. The lowest BCUT2D eigenvalue weighted by atomic mass is 9.99. The van der Waals surface area contributed by atoms with Crippen LogP contribution in [0.1, 0.15) is 17.5 Å². The third kappa shape index (κ3) is 6.16. The molecule has 0 bridgehead atoms. The van der Waals surface area contributed by atoms with Crippen LogP contribution in [0.3, 0.4) is 0 Å². The Morgan fingerprint density at radius 1 is 1.00 bits per heavy atom. The summed E-state index contributed by atoms with van der Waals surface area (Å²) in [6.07, 6.45) is 1.39. The van der Waals surface area contributed by atoms with Gasteiger partial charge in [-0.2, -0.15) is 0 Å². The maximum absolute atomic E-state index is 11.9. The number of halogens is 1. The molecule has 4 nitrogen and oxygen atoms in total. The molecule has 0 fully saturated rings. The lowest BCUT2D eigenvalue weighted by molar-refractivity contribution is -0.141. The van der Waals surface area contributed by atoms with Gasteiger partial charge in [-0.25, -0.2) is 0 Å². The van der Waals surface area contributed by atoms with Crippen LogP contribution in [0.5, 0.6) is 0 Å². The second kappa shape index (κ2) is 9.23. The standard InChI is InChI=1S/C19H20BrNO3/c20-17-9-6-14(7-10-17)8-11-18(22)21-13-16(19(23)24)12-15-4-2-1-3-5-15/h1-7,9-10,16H,8,11-13H2,(H,21,22)(H,23,24). The van der Waals surface area contributed by atoms with E-state index in [1.807, 2.05) is 54.6 Å². The predicted octanol–water partition coefficient (Wildman–Crippen LogP) is 3.44. The van der Waals surface area contributed by atoms with E-state index in [1.54, 1.807) is 0 Å². The molecule has 0 radical (unpaired) electrons. The molecule has 0 aromatic heterocycles. The fraction of sp³-hybridized carbons (Fsp3) is 0.263. The highest BCUT2D eigenvalue weighted by Crippen LogP contribution is 2.12. The summed E-state index contributed by atoms with van der Waals surface area (Å²) >= 11 is 3.37. The quantitative estimate of drug-likeness (QED) is 0.726. The Hall–Kier alpha value is -2.14. The van der Waals surface area contributed by atoms with E-state index in [1.165, 1.54) is 0 Å².